The lowest BCUT2D eigenvalue weighted by Crippen LogP contribution is -2.30. The summed E-state index contributed by atoms with van der Waals surface area (Å²) in [6, 6.07) is 0. The summed E-state index contributed by atoms with van der Waals surface area (Å²) in [5.74, 6) is -0.890. The van der Waals surface area contributed by atoms with Crippen molar-refractivity contribution in [1.29, 1.82) is 0 Å². The molecule has 0 N–H and O–H groups in total. The quantitative estimate of drug-likeness (QED) is 0.0262. The van der Waals surface area contributed by atoms with E-state index < -0.39 is 6.10 Å². The van der Waals surface area contributed by atoms with E-state index >= 15 is 0 Å². The molecule has 0 spiro atoms. The zero-order valence-electron chi connectivity index (χ0n) is 42.1. The molecule has 0 radical (unpaired) electrons. The van der Waals surface area contributed by atoms with Gasteiger partial charge < -0.3 is 14.2 Å². The first-order chi connectivity index (χ1) is 31.0. The van der Waals surface area contributed by atoms with E-state index in [0.717, 1.165) is 77.0 Å². The van der Waals surface area contributed by atoms with Gasteiger partial charge >= 0.3 is 17.9 Å². The highest BCUT2D eigenvalue weighted by Gasteiger charge is 2.19. The Balaban J connectivity index is 4.33. The Morgan fingerprint density at radius 1 is 0.302 bits per heavy atom. The molecule has 0 unspecified atom stereocenters. The predicted octanol–water partition coefficient (Wildman–Crippen LogP) is 18.1. The van der Waals surface area contributed by atoms with Gasteiger partial charge in [-0.2, -0.15) is 0 Å². The van der Waals surface area contributed by atoms with Crippen molar-refractivity contribution in [2.45, 2.75) is 297 Å². The average molecular weight is 885 g/mol. The van der Waals surface area contributed by atoms with E-state index in [4.69, 9.17) is 14.2 Å². The maximum Gasteiger partial charge on any atom is 0.306 e. The maximum absolute atomic E-state index is 12.8. The molecule has 0 aliphatic heterocycles. The zero-order valence-corrected chi connectivity index (χ0v) is 42.1. The second-order valence-electron chi connectivity index (χ2n) is 18.5. The topological polar surface area (TPSA) is 78.9 Å². The monoisotopic (exact) mass is 885 g/mol. The number of carbonyl (C=O) groups excluding carboxylic acids is 3. The van der Waals surface area contributed by atoms with Crippen LogP contribution in [-0.2, 0) is 28.6 Å². The van der Waals surface area contributed by atoms with Crippen molar-refractivity contribution >= 4 is 17.9 Å². The fourth-order valence-corrected chi connectivity index (χ4v) is 7.90. The number of allylic oxidation sites excluding steroid dienone is 6. The van der Waals surface area contributed by atoms with E-state index in [9.17, 15) is 14.4 Å². The summed E-state index contributed by atoms with van der Waals surface area (Å²) in [5, 5.41) is 0. The van der Waals surface area contributed by atoms with Crippen LogP contribution < -0.4 is 0 Å². The van der Waals surface area contributed by atoms with E-state index in [1.165, 1.54) is 173 Å². The molecule has 0 rings (SSSR count). The molecule has 1 atom stereocenters. The van der Waals surface area contributed by atoms with Crippen molar-refractivity contribution in [2.24, 2.45) is 0 Å². The van der Waals surface area contributed by atoms with Gasteiger partial charge in [0, 0.05) is 19.3 Å². The van der Waals surface area contributed by atoms with Gasteiger partial charge in [0.2, 0.25) is 0 Å². The van der Waals surface area contributed by atoms with Gasteiger partial charge in [0.05, 0.1) is 0 Å². The van der Waals surface area contributed by atoms with Gasteiger partial charge in [0.15, 0.2) is 6.10 Å². The van der Waals surface area contributed by atoms with Crippen molar-refractivity contribution in [3.8, 4) is 0 Å². The van der Waals surface area contributed by atoms with Crippen molar-refractivity contribution in [3.05, 3.63) is 36.5 Å². The number of unbranched alkanes of at least 4 members (excludes halogenated alkanes) is 33. The maximum atomic E-state index is 12.8. The third-order valence-electron chi connectivity index (χ3n) is 12.1. The van der Waals surface area contributed by atoms with Crippen LogP contribution >= 0.6 is 0 Å². The van der Waals surface area contributed by atoms with Crippen LogP contribution in [0.1, 0.15) is 290 Å². The van der Waals surface area contributed by atoms with E-state index in [1.807, 2.05) is 0 Å². The fourth-order valence-electron chi connectivity index (χ4n) is 7.90. The number of rotatable bonds is 50. The van der Waals surface area contributed by atoms with Crippen molar-refractivity contribution in [2.75, 3.05) is 13.2 Å². The van der Waals surface area contributed by atoms with Crippen molar-refractivity contribution in [3.63, 3.8) is 0 Å². The first-order valence-corrected chi connectivity index (χ1v) is 27.5. The number of hydrogen-bond donors (Lipinski definition) is 0. The summed E-state index contributed by atoms with van der Waals surface area (Å²) in [4.78, 5) is 38.0. The first-order valence-electron chi connectivity index (χ1n) is 27.5. The van der Waals surface area contributed by atoms with Crippen LogP contribution in [0.5, 0.6) is 0 Å². The average Bonchev–Trinajstić information content (AvgIpc) is 3.28. The van der Waals surface area contributed by atoms with Crippen LogP contribution in [-0.4, -0.2) is 37.2 Å². The molecule has 0 amide bonds. The van der Waals surface area contributed by atoms with Crippen molar-refractivity contribution < 1.29 is 28.6 Å². The van der Waals surface area contributed by atoms with Gasteiger partial charge in [-0.3, -0.25) is 14.4 Å². The number of hydrogen-bond acceptors (Lipinski definition) is 6. The van der Waals surface area contributed by atoms with Gasteiger partial charge in [0.25, 0.3) is 0 Å². The van der Waals surface area contributed by atoms with E-state index in [2.05, 4.69) is 57.2 Å². The molecular formula is C57H104O6. The summed E-state index contributed by atoms with van der Waals surface area (Å²) in [7, 11) is 0. The Labute approximate surface area is 391 Å². The van der Waals surface area contributed by atoms with E-state index in [-0.39, 0.29) is 31.1 Å². The highest BCUT2D eigenvalue weighted by Crippen LogP contribution is 2.15. The minimum atomic E-state index is -0.779. The largest absolute Gasteiger partial charge is 0.462 e. The Hall–Kier alpha value is -2.37. The number of esters is 3. The summed E-state index contributed by atoms with van der Waals surface area (Å²) < 4.78 is 16.8. The zero-order chi connectivity index (χ0) is 45.8. The van der Waals surface area contributed by atoms with E-state index in [1.54, 1.807) is 0 Å². The van der Waals surface area contributed by atoms with Gasteiger partial charge in [0.1, 0.15) is 13.2 Å². The minimum absolute atomic E-state index is 0.0786. The molecule has 0 aromatic carbocycles. The Kier molecular flexibility index (Phi) is 50.3. The summed E-state index contributed by atoms with van der Waals surface area (Å²) in [5.41, 5.74) is 0. The molecule has 0 aromatic rings. The lowest BCUT2D eigenvalue weighted by Gasteiger charge is -2.18. The summed E-state index contributed by atoms with van der Waals surface area (Å²) in [6.45, 7) is 6.61. The fraction of sp³-hybridized carbons (Fsp3) is 0.842. The van der Waals surface area contributed by atoms with Gasteiger partial charge in [-0.15, -0.1) is 0 Å². The highest BCUT2D eigenvalue weighted by molar-refractivity contribution is 5.71. The third-order valence-corrected chi connectivity index (χ3v) is 12.1. The molecular weight excluding hydrogens is 781 g/mol. The van der Waals surface area contributed by atoms with Gasteiger partial charge in [-0.05, 0) is 96.3 Å². The highest BCUT2D eigenvalue weighted by atomic mass is 16.6. The second kappa shape index (κ2) is 52.3. The molecule has 0 saturated carbocycles. The van der Waals surface area contributed by atoms with Crippen LogP contribution in [0, 0.1) is 0 Å². The number of ether oxygens (including phenoxy) is 3. The molecule has 0 saturated heterocycles. The lowest BCUT2D eigenvalue weighted by molar-refractivity contribution is -0.167. The van der Waals surface area contributed by atoms with Crippen LogP contribution in [0.3, 0.4) is 0 Å². The van der Waals surface area contributed by atoms with Gasteiger partial charge in [-0.25, -0.2) is 0 Å². The Morgan fingerprint density at radius 3 is 0.825 bits per heavy atom. The third kappa shape index (κ3) is 50.5. The molecule has 0 aromatic heterocycles. The molecule has 368 valence electrons. The van der Waals surface area contributed by atoms with Crippen LogP contribution in [0.4, 0.5) is 0 Å². The van der Waals surface area contributed by atoms with Crippen molar-refractivity contribution in [1.82, 2.24) is 0 Å². The minimum Gasteiger partial charge on any atom is -0.462 e. The standard InChI is InChI=1S/C57H104O6/c1-4-7-10-13-16-19-22-25-27-28-29-30-31-33-35-38-41-44-47-50-56(59)62-53-54(52-61-55(58)49-46-43-40-37-34-24-21-18-15-12-9-6-3)63-57(60)51-48-45-42-39-36-32-26-23-20-17-14-11-8-5-2/h18,21,23,26,28-29,54H,4-17,19-20,22,24-25,27,30-53H2,1-3H3/b21-18-,26-23-,29-28-/t54-/m1/s1. The summed E-state index contributed by atoms with van der Waals surface area (Å²) >= 11 is 0. The van der Waals surface area contributed by atoms with E-state index in [0.29, 0.717) is 19.3 Å². The summed E-state index contributed by atoms with van der Waals surface area (Å²) in [6.07, 6.45) is 61.3. The Morgan fingerprint density at radius 2 is 0.524 bits per heavy atom. The van der Waals surface area contributed by atoms with Crippen LogP contribution in [0.2, 0.25) is 0 Å². The lowest BCUT2D eigenvalue weighted by atomic mass is 10.1. The molecule has 0 aliphatic rings. The van der Waals surface area contributed by atoms with Crippen LogP contribution in [0.25, 0.3) is 0 Å². The number of carbonyl (C=O) groups is 3. The smallest absolute Gasteiger partial charge is 0.306 e. The molecule has 6 heteroatoms. The molecule has 0 bridgehead atoms. The molecule has 6 nitrogen and oxygen atoms in total. The SMILES string of the molecule is CCCCC/C=C\CCCCCCCC(=O)OC[C@H](COC(=O)CCCCCCCCC/C=C\CCCCCCCCCC)OC(=O)CCCCCCC/C=C\CCCCCCC. The second-order valence-corrected chi connectivity index (χ2v) is 18.5. The predicted molar refractivity (Wildman–Crippen MR) is 270 cm³/mol. The molecule has 0 heterocycles. The first kappa shape index (κ1) is 60.6. The normalized spacial score (nSPS) is 12.2. The molecule has 0 aliphatic carbocycles. The molecule has 63 heavy (non-hydrogen) atoms. The van der Waals surface area contributed by atoms with Gasteiger partial charge in [-0.1, -0.05) is 211 Å². The Bertz CT molecular complexity index is 1060. The molecule has 0 fully saturated rings. The van der Waals surface area contributed by atoms with Crippen LogP contribution in [0.15, 0.2) is 36.5 Å².